The van der Waals surface area contributed by atoms with E-state index in [1.165, 1.54) is 0 Å². The molecule has 0 radical (unpaired) electrons. The zero-order valence-corrected chi connectivity index (χ0v) is 18.5. The minimum atomic E-state index is -0.813. The van der Waals surface area contributed by atoms with Crippen molar-refractivity contribution < 1.29 is 23.9 Å². The Morgan fingerprint density at radius 1 is 1.14 bits per heavy atom. The van der Waals surface area contributed by atoms with E-state index in [0.717, 1.165) is 4.90 Å². The highest BCUT2D eigenvalue weighted by molar-refractivity contribution is 9.12. The van der Waals surface area contributed by atoms with Crippen molar-refractivity contribution in [2.45, 2.75) is 22.5 Å². The molecule has 2 fully saturated rings. The Hall–Kier alpha value is -1.45. The Bertz CT molecular complexity index is 793. The Morgan fingerprint density at radius 3 is 2.32 bits per heavy atom. The molecule has 0 unspecified atom stereocenters. The number of hydrogen-bond donors (Lipinski definition) is 1. The Morgan fingerprint density at radius 2 is 1.75 bits per heavy atom. The van der Waals surface area contributed by atoms with Gasteiger partial charge in [0.05, 0.1) is 11.8 Å². The SMILES string of the molecule is O=C(COC(=O)CN1C(=O)[C@H]2C[C@H](Br)[C@@H](Br)C[C@H]2C1=O)Nc1cccc(Cl)c1. The Balaban J connectivity index is 1.51. The molecule has 2 aliphatic rings. The third-order valence-corrected chi connectivity index (χ3v) is 7.73. The first-order valence-corrected chi connectivity index (χ1v) is 10.8. The molecule has 1 N–H and O–H groups in total. The van der Waals surface area contributed by atoms with Gasteiger partial charge in [-0.05, 0) is 31.0 Å². The summed E-state index contributed by atoms with van der Waals surface area (Å²) < 4.78 is 4.91. The minimum absolute atomic E-state index is 0.0904. The molecule has 0 aromatic heterocycles. The third kappa shape index (κ3) is 4.75. The van der Waals surface area contributed by atoms with Crippen molar-refractivity contribution in [3.05, 3.63) is 29.3 Å². The number of nitrogens with zero attached hydrogens (tertiary/aromatic N) is 1. The number of alkyl halides is 2. The standard InChI is InChI=1S/C18H17Br2ClN2O5/c19-13-5-11-12(6-14(13)20)18(27)23(17(11)26)7-16(25)28-8-15(24)22-10-3-1-2-9(21)4-10/h1-4,11-14H,5-8H2,(H,22,24)/t11-,12+,13-,14-/m0/s1. The van der Waals surface area contributed by atoms with Gasteiger partial charge >= 0.3 is 5.97 Å². The maximum Gasteiger partial charge on any atom is 0.326 e. The summed E-state index contributed by atoms with van der Waals surface area (Å²) in [6, 6.07) is 6.53. The number of halogens is 3. The molecule has 7 nitrogen and oxygen atoms in total. The maximum atomic E-state index is 12.5. The van der Waals surface area contributed by atoms with Gasteiger partial charge in [-0.25, -0.2) is 0 Å². The number of carbonyl (C=O) groups is 4. The van der Waals surface area contributed by atoms with Gasteiger partial charge < -0.3 is 10.1 Å². The van der Waals surface area contributed by atoms with Gasteiger partial charge in [-0.15, -0.1) is 0 Å². The van der Waals surface area contributed by atoms with Crippen molar-refractivity contribution in [3.63, 3.8) is 0 Å². The van der Waals surface area contributed by atoms with Gasteiger partial charge in [0, 0.05) is 20.4 Å². The van der Waals surface area contributed by atoms with Crippen molar-refractivity contribution in [1.29, 1.82) is 0 Å². The molecule has 10 heteroatoms. The molecule has 28 heavy (non-hydrogen) atoms. The zero-order chi connectivity index (χ0) is 20.4. The lowest BCUT2D eigenvalue weighted by Crippen LogP contribution is -2.37. The summed E-state index contributed by atoms with van der Waals surface area (Å²) in [5.41, 5.74) is 0.469. The second-order valence-corrected chi connectivity index (χ2v) is 9.49. The Labute approximate surface area is 183 Å². The van der Waals surface area contributed by atoms with E-state index in [2.05, 4.69) is 37.2 Å². The first-order chi connectivity index (χ1) is 13.3. The molecule has 1 saturated carbocycles. The van der Waals surface area contributed by atoms with E-state index < -0.39 is 36.9 Å². The zero-order valence-electron chi connectivity index (χ0n) is 14.6. The molecule has 150 valence electrons. The highest BCUT2D eigenvalue weighted by Gasteiger charge is 2.52. The number of likely N-dealkylation sites (tertiary alicyclic amines) is 1. The quantitative estimate of drug-likeness (QED) is 0.355. The summed E-state index contributed by atoms with van der Waals surface area (Å²) in [7, 11) is 0. The number of amides is 3. The molecule has 3 rings (SSSR count). The topological polar surface area (TPSA) is 92.8 Å². The molecule has 1 aliphatic carbocycles. The molecule has 4 atom stereocenters. The molecule has 0 spiro atoms. The molecule has 0 bridgehead atoms. The highest BCUT2D eigenvalue weighted by atomic mass is 79.9. The number of carbonyl (C=O) groups excluding carboxylic acids is 4. The van der Waals surface area contributed by atoms with Crippen LogP contribution in [0, 0.1) is 11.8 Å². The number of imide groups is 1. The summed E-state index contributed by atoms with van der Waals surface area (Å²) in [6.45, 7) is -1.02. The van der Waals surface area contributed by atoms with Crippen LogP contribution in [0.5, 0.6) is 0 Å². The largest absolute Gasteiger partial charge is 0.454 e. The van der Waals surface area contributed by atoms with Crippen molar-refractivity contribution in [2.75, 3.05) is 18.5 Å². The second-order valence-electron chi connectivity index (χ2n) is 6.70. The van der Waals surface area contributed by atoms with E-state index >= 15 is 0 Å². The number of benzene rings is 1. The molecule has 1 aromatic carbocycles. The van der Waals surface area contributed by atoms with Crippen molar-refractivity contribution in [1.82, 2.24) is 4.90 Å². The van der Waals surface area contributed by atoms with E-state index in [-0.39, 0.29) is 21.5 Å². The van der Waals surface area contributed by atoms with Gasteiger partial charge in [0.1, 0.15) is 6.54 Å². The van der Waals surface area contributed by atoms with Crippen LogP contribution in [0.2, 0.25) is 5.02 Å². The number of anilines is 1. The average molecular weight is 537 g/mol. The van der Waals surface area contributed by atoms with E-state index in [1.54, 1.807) is 24.3 Å². The van der Waals surface area contributed by atoms with Crippen LogP contribution < -0.4 is 5.32 Å². The molecule has 1 aliphatic heterocycles. The maximum absolute atomic E-state index is 12.5. The van der Waals surface area contributed by atoms with Crippen LogP contribution in [0.4, 0.5) is 5.69 Å². The van der Waals surface area contributed by atoms with E-state index in [9.17, 15) is 19.2 Å². The van der Waals surface area contributed by atoms with Crippen LogP contribution in [0.15, 0.2) is 24.3 Å². The third-order valence-electron chi connectivity index (χ3n) is 4.76. The number of hydrogen-bond acceptors (Lipinski definition) is 5. The molecule has 1 aromatic rings. The van der Waals surface area contributed by atoms with Gasteiger partial charge in [0.2, 0.25) is 11.8 Å². The summed E-state index contributed by atoms with van der Waals surface area (Å²) in [4.78, 5) is 50.1. The lowest BCUT2D eigenvalue weighted by molar-refractivity contribution is -0.154. The second kappa shape index (κ2) is 8.92. The smallest absolute Gasteiger partial charge is 0.326 e. The molecular weight excluding hydrogens is 519 g/mol. The predicted molar refractivity (Wildman–Crippen MR) is 109 cm³/mol. The Kier molecular flexibility index (Phi) is 6.77. The molecule has 3 amide bonds. The van der Waals surface area contributed by atoms with Crippen LogP contribution in [0.1, 0.15) is 12.8 Å². The summed E-state index contributed by atoms with van der Waals surface area (Å²) >= 11 is 12.9. The lowest BCUT2D eigenvalue weighted by atomic mass is 9.81. The fourth-order valence-electron chi connectivity index (χ4n) is 3.40. The number of rotatable bonds is 5. The fraction of sp³-hybridized carbons (Fsp3) is 0.444. The minimum Gasteiger partial charge on any atom is -0.454 e. The highest BCUT2D eigenvalue weighted by Crippen LogP contribution is 2.43. The van der Waals surface area contributed by atoms with Gasteiger partial charge in [-0.2, -0.15) is 0 Å². The number of esters is 1. The first kappa shape index (κ1) is 21.3. The van der Waals surface area contributed by atoms with Crippen LogP contribution in [-0.2, 0) is 23.9 Å². The molecule has 1 saturated heterocycles. The monoisotopic (exact) mass is 534 g/mol. The van der Waals surface area contributed by atoms with Crippen molar-refractivity contribution in [3.8, 4) is 0 Å². The van der Waals surface area contributed by atoms with Gasteiger partial charge in [-0.1, -0.05) is 49.5 Å². The molecule has 1 heterocycles. The number of nitrogens with one attached hydrogen (secondary N) is 1. The number of fused-ring (bicyclic) bond motifs is 1. The van der Waals surface area contributed by atoms with E-state index in [0.29, 0.717) is 23.6 Å². The average Bonchev–Trinajstić information content (AvgIpc) is 2.85. The normalized spacial score (nSPS) is 26.8. The summed E-state index contributed by atoms with van der Waals surface area (Å²) in [5.74, 6) is -2.94. The van der Waals surface area contributed by atoms with Gasteiger partial charge in [0.25, 0.3) is 5.91 Å². The van der Waals surface area contributed by atoms with E-state index in [4.69, 9.17) is 16.3 Å². The first-order valence-electron chi connectivity index (χ1n) is 8.60. The fourth-order valence-corrected chi connectivity index (χ4v) is 4.83. The van der Waals surface area contributed by atoms with Gasteiger partial charge in [0.15, 0.2) is 6.61 Å². The van der Waals surface area contributed by atoms with Crippen LogP contribution in [0.25, 0.3) is 0 Å². The van der Waals surface area contributed by atoms with Crippen molar-refractivity contribution in [2.24, 2.45) is 11.8 Å². The van der Waals surface area contributed by atoms with Gasteiger partial charge in [-0.3, -0.25) is 24.1 Å². The predicted octanol–water partition coefficient (Wildman–Crippen LogP) is 2.74. The number of ether oxygens (including phenoxy) is 1. The van der Waals surface area contributed by atoms with E-state index in [1.807, 2.05) is 0 Å². The van der Waals surface area contributed by atoms with Crippen LogP contribution in [0.3, 0.4) is 0 Å². The molecular formula is C18H17Br2ClN2O5. The summed E-state index contributed by atoms with van der Waals surface area (Å²) in [6.07, 6.45) is 1.05. The summed E-state index contributed by atoms with van der Waals surface area (Å²) in [5, 5.41) is 3.00. The van der Waals surface area contributed by atoms with Crippen molar-refractivity contribution >= 4 is 72.8 Å². The van der Waals surface area contributed by atoms with Crippen LogP contribution in [-0.4, -0.2) is 51.4 Å². The van der Waals surface area contributed by atoms with Crippen LogP contribution >= 0.6 is 43.5 Å². The lowest BCUT2D eigenvalue weighted by Gasteiger charge is -2.29.